The molecule has 3 aromatic carbocycles. The summed E-state index contributed by atoms with van der Waals surface area (Å²) < 4.78 is 38.7. The van der Waals surface area contributed by atoms with E-state index in [-0.39, 0.29) is 28.4 Å². The molecule has 33 heavy (non-hydrogen) atoms. The SMILES string of the molecule is COc1ccccc1NS(=O)(=O)c1ccc(O)c(NC(=O)CCCOc2ccc(Cl)cc2)c1. The molecule has 0 saturated carbocycles. The Morgan fingerprint density at radius 1 is 1.03 bits per heavy atom. The summed E-state index contributed by atoms with van der Waals surface area (Å²) in [4.78, 5) is 12.1. The number of hydrogen-bond acceptors (Lipinski definition) is 6. The molecule has 1 amide bonds. The fraction of sp³-hybridized carbons (Fsp3) is 0.174. The number of carbonyl (C=O) groups excluding carboxylic acids is 1. The van der Waals surface area contributed by atoms with Gasteiger partial charge in [0, 0.05) is 11.4 Å². The molecule has 0 radical (unpaired) electrons. The van der Waals surface area contributed by atoms with Crippen LogP contribution < -0.4 is 19.5 Å². The summed E-state index contributed by atoms with van der Waals surface area (Å²) in [6.45, 7) is 0.304. The van der Waals surface area contributed by atoms with Gasteiger partial charge in [0.15, 0.2) is 0 Å². The van der Waals surface area contributed by atoms with Gasteiger partial charge in [0.05, 0.1) is 30.0 Å². The van der Waals surface area contributed by atoms with Gasteiger partial charge in [0.2, 0.25) is 5.91 Å². The van der Waals surface area contributed by atoms with Crippen LogP contribution in [0.2, 0.25) is 5.02 Å². The van der Waals surface area contributed by atoms with Crippen molar-refractivity contribution in [3.05, 3.63) is 71.8 Å². The number of rotatable bonds is 10. The minimum absolute atomic E-state index is 0.0125. The molecule has 0 unspecified atom stereocenters. The van der Waals surface area contributed by atoms with E-state index in [0.29, 0.717) is 29.5 Å². The van der Waals surface area contributed by atoms with Crippen molar-refractivity contribution in [2.24, 2.45) is 0 Å². The number of carbonyl (C=O) groups is 1. The zero-order valence-electron chi connectivity index (χ0n) is 17.7. The number of para-hydroxylation sites is 2. The summed E-state index contributed by atoms with van der Waals surface area (Å²) in [6, 6.07) is 17.1. The molecule has 3 rings (SSSR count). The van der Waals surface area contributed by atoms with Crippen LogP contribution in [0.5, 0.6) is 17.2 Å². The Kier molecular flexibility index (Phi) is 8.02. The Morgan fingerprint density at radius 3 is 2.48 bits per heavy atom. The second kappa shape index (κ2) is 10.9. The first-order chi connectivity index (χ1) is 15.8. The van der Waals surface area contributed by atoms with Crippen LogP contribution in [-0.4, -0.2) is 33.1 Å². The molecule has 174 valence electrons. The number of anilines is 2. The van der Waals surface area contributed by atoms with E-state index >= 15 is 0 Å². The van der Waals surface area contributed by atoms with Gasteiger partial charge in [-0.3, -0.25) is 9.52 Å². The molecule has 0 aromatic heterocycles. The van der Waals surface area contributed by atoms with Crippen LogP contribution in [0.15, 0.2) is 71.6 Å². The van der Waals surface area contributed by atoms with E-state index in [1.165, 1.54) is 25.3 Å². The molecule has 10 heteroatoms. The first-order valence-electron chi connectivity index (χ1n) is 9.95. The average Bonchev–Trinajstić information content (AvgIpc) is 2.79. The Balaban J connectivity index is 1.60. The number of halogens is 1. The largest absolute Gasteiger partial charge is 0.506 e. The van der Waals surface area contributed by atoms with Crippen LogP contribution in [0.1, 0.15) is 12.8 Å². The molecular weight excluding hydrogens is 468 g/mol. The Labute approximate surface area is 197 Å². The van der Waals surface area contributed by atoms with Gasteiger partial charge in [0.1, 0.15) is 17.2 Å². The zero-order valence-corrected chi connectivity index (χ0v) is 19.3. The van der Waals surface area contributed by atoms with Gasteiger partial charge < -0.3 is 19.9 Å². The van der Waals surface area contributed by atoms with Crippen molar-refractivity contribution < 1.29 is 27.8 Å². The van der Waals surface area contributed by atoms with Gasteiger partial charge >= 0.3 is 0 Å². The molecule has 3 aromatic rings. The zero-order chi connectivity index (χ0) is 23.8. The average molecular weight is 491 g/mol. The van der Waals surface area contributed by atoms with Gasteiger partial charge in [-0.25, -0.2) is 8.42 Å². The van der Waals surface area contributed by atoms with Crippen LogP contribution >= 0.6 is 11.6 Å². The Morgan fingerprint density at radius 2 is 1.76 bits per heavy atom. The predicted octanol–water partition coefficient (Wildman–Crippen LogP) is 4.65. The van der Waals surface area contributed by atoms with Crippen molar-refractivity contribution in [3.63, 3.8) is 0 Å². The lowest BCUT2D eigenvalue weighted by atomic mass is 10.2. The fourth-order valence-electron chi connectivity index (χ4n) is 2.88. The molecule has 3 N–H and O–H groups in total. The molecule has 0 aliphatic carbocycles. The van der Waals surface area contributed by atoms with Gasteiger partial charge in [-0.15, -0.1) is 0 Å². The molecule has 0 heterocycles. The highest BCUT2D eigenvalue weighted by atomic mass is 35.5. The highest BCUT2D eigenvalue weighted by molar-refractivity contribution is 7.92. The van der Waals surface area contributed by atoms with Crippen LogP contribution in [0.3, 0.4) is 0 Å². The maximum Gasteiger partial charge on any atom is 0.262 e. The standard InChI is InChI=1S/C23H23ClN2O6S/c1-31-22-6-3-2-5-19(22)26-33(29,30)18-12-13-21(27)20(15-18)25-23(28)7-4-14-32-17-10-8-16(24)9-11-17/h2-3,5-6,8-13,15,26-27H,4,7,14H2,1H3,(H,25,28). The second-order valence-corrected chi connectivity index (χ2v) is 9.06. The van der Waals surface area contributed by atoms with Gasteiger partial charge in [-0.2, -0.15) is 0 Å². The van der Waals surface area contributed by atoms with Gasteiger partial charge in [0.25, 0.3) is 10.0 Å². The summed E-state index contributed by atoms with van der Waals surface area (Å²) in [6.07, 6.45) is 0.534. The Hall–Kier alpha value is -3.43. The highest BCUT2D eigenvalue weighted by Gasteiger charge is 2.19. The van der Waals surface area contributed by atoms with E-state index in [0.717, 1.165) is 0 Å². The molecule has 0 aliphatic heterocycles. The third-order valence-electron chi connectivity index (χ3n) is 4.53. The first-order valence-corrected chi connectivity index (χ1v) is 11.8. The molecular formula is C23H23ClN2O6S. The van der Waals surface area contributed by atoms with E-state index in [1.807, 2.05) is 0 Å². The van der Waals surface area contributed by atoms with E-state index < -0.39 is 15.9 Å². The number of phenols is 1. The lowest BCUT2D eigenvalue weighted by Crippen LogP contribution is -2.16. The number of benzene rings is 3. The Bertz CT molecular complexity index is 1220. The monoisotopic (exact) mass is 490 g/mol. The van der Waals surface area contributed by atoms with Crippen molar-refractivity contribution in [1.29, 1.82) is 0 Å². The van der Waals surface area contributed by atoms with Gasteiger partial charge in [-0.1, -0.05) is 23.7 Å². The summed E-state index contributed by atoms with van der Waals surface area (Å²) in [7, 11) is -2.57. The number of amides is 1. The minimum Gasteiger partial charge on any atom is -0.506 e. The normalized spacial score (nSPS) is 11.0. The number of methoxy groups -OCH3 is 1. The second-order valence-electron chi connectivity index (χ2n) is 6.94. The van der Waals surface area contributed by atoms with E-state index in [4.69, 9.17) is 21.1 Å². The van der Waals surface area contributed by atoms with Crippen LogP contribution in [0.4, 0.5) is 11.4 Å². The highest BCUT2D eigenvalue weighted by Crippen LogP contribution is 2.30. The number of nitrogens with one attached hydrogen (secondary N) is 2. The quantitative estimate of drug-likeness (QED) is 0.281. The van der Waals surface area contributed by atoms with Crippen LogP contribution in [0, 0.1) is 0 Å². The minimum atomic E-state index is -4.00. The third kappa shape index (κ3) is 6.77. The maximum atomic E-state index is 12.8. The number of sulfonamides is 1. The van der Waals surface area contributed by atoms with Crippen LogP contribution in [0.25, 0.3) is 0 Å². The summed E-state index contributed by atoms with van der Waals surface area (Å²) in [5.41, 5.74) is 0.251. The van der Waals surface area contributed by atoms with Crippen molar-refractivity contribution in [2.45, 2.75) is 17.7 Å². The lowest BCUT2D eigenvalue weighted by molar-refractivity contribution is -0.116. The van der Waals surface area contributed by atoms with E-state index in [1.54, 1.807) is 48.5 Å². The summed E-state index contributed by atoms with van der Waals surface area (Å²) >= 11 is 5.82. The molecule has 0 aliphatic rings. The van der Waals surface area contributed by atoms with Crippen molar-refractivity contribution in [1.82, 2.24) is 0 Å². The number of hydrogen-bond donors (Lipinski definition) is 3. The predicted molar refractivity (Wildman–Crippen MR) is 127 cm³/mol. The number of phenolic OH excluding ortho intramolecular Hbond substituents is 1. The molecule has 0 bridgehead atoms. The maximum absolute atomic E-state index is 12.8. The summed E-state index contributed by atoms with van der Waals surface area (Å²) in [5.74, 6) is 0.348. The van der Waals surface area contributed by atoms with Gasteiger partial charge in [-0.05, 0) is 61.0 Å². The van der Waals surface area contributed by atoms with E-state index in [2.05, 4.69) is 10.0 Å². The number of ether oxygens (including phenoxy) is 2. The fourth-order valence-corrected chi connectivity index (χ4v) is 4.10. The topological polar surface area (TPSA) is 114 Å². The van der Waals surface area contributed by atoms with Crippen molar-refractivity contribution in [3.8, 4) is 17.2 Å². The third-order valence-corrected chi connectivity index (χ3v) is 6.15. The summed E-state index contributed by atoms with van der Waals surface area (Å²) in [5, 5.41) is 13.2. The van der Waals surface area contributed by atoms with E-state index in [9.17, 15) is 18.3 Å². The molecule has 0 saturated heterocycles. The smallest absolute Gasteiger partial charge is 0.262 e. The number of aromatic hydroxyl groups is 1. The lowest BCUT2D eigenvalue weighted by Gasteiger charge is -2.13. The van der Waals surface area contributed by atoms with Crippen molar-refractivity contribution in [2.75, 3.05) is 23.8 Å². The first kappa shape index (κ1) is 24.2. The molecule has 0 fully saturated rings. The molecule has 8 nitrogen and oxygen atoms in total. The molecule has 0 spiro atoms. The van der Waals surface area contributed by atoms with Crippen LogP contribution in [-0.2, 0) is 14.8 Å². The molecule has 0 atom stereocenters. The van der Waals surface area contributed by atoms with Crippen molar-refractivity contribution >= 4 is 38.9 Å².